The number of amides is 4. The van der Waals surface area contributed by atoms with E-state index in [-0.39, 0.29) is 24.5 Å². The van der Waals surface area contributed by atoms with Crippen LogP contribution in [0.15, 0.2) is 133 Å². The second-order valence-corrected chi connectivity index (χ2v) is 17.5. The number of rotatable bonds is 9. The van der Waals surface area contributed by atoms with Crippen LogP contribution in [0.4, 0.5) is 10.5 Å². The Labute approximate surface area is 378 Å². The van der Waals surface area contributed by atoms with Gasteiger partial charge in [-0.1, -0.05) is 128 Å². The number of hydrogen-bond acceptors (Lipinski definition) is 9. The molecule has 332 valence electrons. The monoisotopic (exact) mass is 872 g/mol. The third-order valence-electron chi connectivity index (χ3n) is 13.5. The number of nitrogens with one attached hydrogen (secondary N) is 1. The van der Waals surface area contributed by atoms with Gasteiger partial charge in [0.2, 0.25) is 11.8 Å². The van der Waals surface area contributed by atoms with Crippen LogP contribution in [0.5, 0.6) is 5.75 Å². The standard InChI is InChI=1S/C53H52N4O8/c1-34(36-16-7-4-8-17-36)55-51(62)56-42-25-24-35(26-29-52(63)27-13-2-3-14-28-52)32-41(42)53(50(56)61)43(48(54)59)45-49(60)65-46(38-20-11-6-12-21-38)44(37-18-9-5-10-19-37)57(45)47(53)39-22-15-23-40(33-39)64-31-30-58/h4-12,15-25,32-34,43-47,58,63H,2-3,13-14,27-28,30-31H2,1H3,(H2,54,59)(H,55,62)/t34-,43-,44-,45-,46+,47+,53-/m1/s1. The van der Waals surface area contributed by atoms with E-state index in [0.29, 0.717) is 35.3 Å². The fraction of sp³-hybridized carbons (Fsp3) is 0.321. The van der Waals surface area contributed by atoms with Crippen LogP contribution < -0.4 is 20.7 Å². The number of nitrogens with two attached hydrogens (primary N) is 1. The number of aliphatic hydroxyl groups excluding tert-OH is 1. The lowest BCUT2D eigenvalue weighted by atomic mass is 9.65. The maximum Gasteiger partial charge on any atom is 0.329 e. The Bertz CT molecular complexity index is 2640. The molecule has 0 aromatic heterocycles. The maximum absolute atomic E-state index is 16.3. The van der Waals surface area contributed by atoms with Crippen LogP contribution in [0.3, 0.4) is 0 Å². The molecule has 0 radical (unpaired) electrons. The molecule has 3 fully saturated rings. The zero-order valence-corrected chi connectivity index (χ0v) is 36.1. The Morgan fingerprint density at radius 3 is 2.14 bits per heavy atom. The molecule has 3 heterocycles. The van der Waals surface area contributed by atoms with Crippen LogP contribution in [0.2, 0.25) is 0 Å². The number of carbonyl (C=O) groups is 4. The van der Waals surface area contributed by atoms with Gasteiger partial charge in [-0.3, -0.25) is 19.3 Å². The first-order chi connectivity index (χ1) is 31.6. The summed E-state index contributed by atoms with van der Waals surface area (Å²) in [6, 6.07) is 35.5. The Morgan fingerprint density at radius 1 is 0.831 bits per heavy atom. The largest absolute Gasteiger partial charge is 0.491 e. The summed E-state index contributed by atoms with van der Waals surface area (Å²) in [7, 11) is 0. The minimum absolute atomic E-state index is 0.0196. The predicted octanol–water partition coefficient (Wildman–Crippen LogP) is 7.12. The molecule has 0 bridgehead atoms. The van der Waals surface area contributed by atoms with Crippen LogP contribution in [-0.4, -0.2) is 63.8 Å². The fourth-order valence-corrected chi connectivity index (χ4v) is 10.7. The van der Waals surface area contributed by atoms with Gasteiger partial charge in [-0.05, 0) is 90.8 Å². The molecule has 5 N–H and O–H groups in total. The van der Waals surface area contributed by atoms with E-state index < -0.39 is 71.0 Å². The first-order valence-electron chi connectivity index (χ1n) is 22.4. The lowest BCUT2D eigenvalue weighted by molar-refractivity contribution is -0.178. The highest BCUT2D eigenvalue weighted by Gasteiger charge is 2.75. The molecular formula is C53H52N4O8. The summed E-state index contributed by atoms with van der Waals surface area (Å²) >= 11 is 0. The molecule has 12 nitrogen and oxygen atoms in total. The van der Waals surface area contributed by atoms with Gasteiger partial charge in [0.05, 0.1) is 36.3 Å². The smallest absolute Gasteiger partial charge is 0.329 e. The predicted molar refractivity (Wildman–Crippen MR) is 243 cm³/mol. The van der Waals surface area contributed by atoms with Crippen molar-refractivity contribution in [2.45, 2.75) is 86.7 Å². The zero-order chi connectivity index (χ0) is 45.3. The molecule has 12 heteroatoms. The van der Waals surface area contributed by atoms with Crippen LogP contribution >= 0.6 is 0 Å². The summed E-state index contributed by atoms with van der Waals surface area (Å²) in [4.78, 5) is 63.8. The van der Waals surface area contributed by atoms with Gasteiger partial charge in [0.15, 0.2) is 0 Å². The molecule has 4 amide bonds. The number of fused-ring (bicyclic) bond motifs is 3. The summed E-state index contributed by atoms with van der Waals surface area (Å²) in [5, 5.41) is 24.4. The topological polar surface area (TPSA) is 172 Å². The van der Waals surface area contributed by atoms with E-state index in [1.165, 1.54) is 0 Å². The summed E-state index contributed by atoms with van der Waals surface area (Å²) in [6.45, 7) is 1.54. The van der Waals surface area contributed by atoms with Gasteiger partial charge in [-0.15, -0.1) is 0 Å². The van der Waals surface area contributed by atoms with Crippen LogP contribution in [0.1, 0.15) is 103 Å². The minimum atomic E-state index is -2.05. The molecule has 1 aliphatic carbocycles. The zero-order valence-electron chi connectivity index (χ0n) is 36.1. The Morgan fingerprint density at radius 2 is 1.48 bits per heavy atom. The van der Waals surface area contributed by atoms with Gasteiger partial charge in [0, 0.05) is 5.56 Å². The van der Waals surface area contributed by atoms with Crippen molar-refractivity contribution in [1.29, 1.82) is 0 Å². The Kier molecular flexibility index (Phi) is 12.0. The molecule has 3 aliphatic heterocycles. The SMILES string of the molecule is C[C@@H](NC(=O)N1C(=O)[C@@]2(c3cc(C#CC4(O)CCCCCC4)ccc31)[C@H](c1cccc(OCCO)c1)N1[C@H](c3ccccc3)[C@H](c3ccccc3)OC(=O)[C@H]1[C@@H]2C(N)=O)c1ccccc1. The summed E-state index contributed by atoms with van der Waals surface area (Å²) in [5.41, 5.74) is 6.89. The molecule has 4 aliphatic rings. The molecule has 2 saturated heterocycles. The third-order valence-corrected chi connectivity index (χ3v) is 13.5. The lowest BCUT2D eigenvalue weighted by Gasteiger charge is -2.46. The molecule has 7 atom stereocenters. The first kappa shape index (κ1) is 43.5. The van der Waals surface area contributed by atoms with E-state index in [4.69, 9.17) is 15.2 Å². The van der Waals surface area contributed by atoms with E-state index in [2.05, 4.69) is 17.2 Å². The van der Waals surface area contributed by atoms with E-state index >= 15 is 9.59 Å². The van der Waals surface area contributed by atoms with Gasteiger partial charge in [-0.25, -0.2) is 9.69 Å². The number of morpholine rings is 1. The average molecular weight is 873 g/mol. The van der Waals surface area contributed by atoms with E-state index in [0.717, 1.165) is 41.7 Å². The number of aliphatic hydroxyl groups is 2. The first-order valence-corrected chi connectivity index (χ1v) is 22.4. The van der Waals surface area contributed by atoms with E-state index in [1.54, 1.807) is 42.5 Å². The second kappa shape index (κ2) is 18.0. The number of esters is 1. The van der Waals surface area contributed by atoms with Crippen molar-refractivity contribution < 1.29 is 38.9 Å². The Balaban J connectivity index is 1.32. The molecular weight excluding hydrogens is 821 g/mol. The normalized spacial score (nSPS) is 25.0. The molecule has 0 unspecified atom stereocenters. The summed E-state index contributed by atoms with van der Waals surface area (Å²) in [6.07, 6.45) is 3.80. The highest BCUT2D eigenvalue weighted by Crippen LogP contribution is 2.66. The second-order valence-electron chi connectivity index (χ2n) is 17.5. The summed E-state index contributed by atoms with van der Waals surface area (Å²) < 4.78 is 12.4. The quantitative estimate of drug-likeness (QED) is 0.0684. The number of nitrogens with zero attached hydrogens (tertiary/aromatic N) is 2. The third kappa shape index (κ3) is 7.84. The number of primary amides is 1. The van der Waals surface area contributed by atoms with Crippen molar-refractivity contribution in [3.63, 3.8) is 0 Å². The number of carbonyl (C=O) groups excluding carboxylic acids is 4. The van der Waals surface area contributed by atoms with Crippen molar-refractivity contribution in [3.05, 3.63) is 167 Å². The highest BCUT2D eigenvalue weighted by molar-refractivity contribution is 6.24. The number of anilines is 1. The van der Waals surface area contributed by atoms with Crippen LogP contribution in [0.25, 0.3) is 0 Å². The number of ether oxygens (including phenoxy) is 2. The highest BCUT2D eigenvalue weighted by atomic mass is 16.6. The maximum atomic E-state index is 16.3. The molecule has 1 saturated carbocycles. The van der Waals surface area contributed by atoms with Crippen molar-refractivity contribution in [2.24, 2.45) is 11.7 Å². The van der Waals surface area contributed by atoms with Crippen molar-refractivity contribution >= 4 is 29.5 Å². The number of benzene rings is 5. The van der Waals surface area contributed by atoms with Crippen LogP contribution in [-0.2, 0) is 24.5 Å². The average Bonchev–Trinajstić information content (AvgIpc) is 3.67. The van der Waals surface area contributed by atoms with Crippen molar-refractivity contribution in [2.75, 3.05) is 18.1 Å². The van der Waals surface area contributed by atoms with Crippen molar-refractivity contribution in [1.82, 2.24) is 10.2 Å². The minimum Gasteiger partial charge on any atom is -0.491 e. The molecule has 9 rings (SSSR count). The van der Waals surface area contributed by atoms with Gasteiger partial charge in [-0.2, -0.15) is 0 Å². The Hall–Kier alpha value is -6.78. The number of hydrogen-bond donors (Lipinski definition) is 4. The fourth-order valence-electron chi connectivity index (χ4n) is 10.7. The molecule has 65 heavy (non-hydrogen) atoms. The van der Waals surface area contributed by atoms with Gasteiger partial charge < -0.3 is 30.7 Å². The molecule has 1 spiro atoms. The summed E-state index contributed by atoms with van der Waals surface area (Å²) in [5.74, 6) is 2.66. The van der Waals surface area contributed by atoms with Gasteiger partial charge >= 0.3 is 12.0 Å². The van der Waals surface area contributed by atoms with E-state index in [1.807, 2.05) is 103 Å². The van der Waals surface area contributed by atoms with Gasteiger partial charge in [0.1, 0.15) is 35.5 Å². The van der Waals surface area contributed by atoms with E-state index in [9.17, 15) is 19.8 Å². The number of imide groups is 1. The van der Waals surface area contributed by atoms with Crippen LogP contribution in [0, 0.1) is 17.8 Å². The van der Waals surface area contributed by atoms with Gasteiger partial charge in [0.25, 0.3) is 0 Å². The number of urea groups is 1. The number of cyclic esters (lactones) is 1. The molecule has 5 aromatic carbocycles. The lowest BCUT2D eigenvalue weighted by Crippen LogP contribution is -2.55. The van der Waals surface area contributed by atoms with Crippen molar-refractivity contribution in [3.8, 4) is 17.6 Å². The molecule has 5 aromatic rings.